The van der Waals surface area contributed by atoms with Crippen molar-refractivity contribution in [3.05, 3.63) is 35.7 Å². The van der Waals surface area contributed by atoms with E-state index in [0.717, 1.165) is 31.0 Å². The van der Waals surface area contributed by atoms with Crippen LogP contribution in [0.5, 0.6) is 0 Å². The van der Waals surface area contributed by atoms with Gasteiger partial charge in [-0.05, 0) is 50.6 Å². The number of piperazine rings is 1. The highest BCUT2D eigenvalue weighted by Crippen LogP contribution is 2.17. The minimum Gasteiger partial charge on any atom is -0.444 e. The van der Waals surface area contributed by atoms with Gasteiger partial charge in [0.25, 0.3) is 0 Å². The molecule has 1 aliphatic carbocycles. The van der Waals surface area contributed by atoms with E-state index in [4.69, 9.17) is 4.74 Å². The molecule has 8 heteroatoms. The van der Waals surface area contributed by atoms with Crippen molar-refractivity contribution in [1.82, 2.24) is 30.0 Å². The average molecular weight is 372 g/mol. The number of ether oxygens (including phenoxy) is 1. The molecule has 0 saturated carbocycles. The summed E-state index contributed by atoms with van der Waals surface area (Å²) in [6, 6.07) is 0. The number of carbonyl (C=O) groups excluding carboxylic acids is 1. The summed E-state index contributed by atoms with van der Waals surface area (Å²) in [5.74, 6) is 0.802. The molecule has 1 aromatic rings. The first kappa shape index (κ1) is 19.3. The summed E-state index contributed by atoms with van der Waals surface area (Å²) in [5, 5.41) is 12.2. The van der Waals surface area contributed by atoms with Crippen molar-refractivity contribution in [2.24, 2.45) is 0 Å². The van der Waals surface area contributed by atoms with Crippen LogP contribution in [0.3, 0.4) is 0 Å². The van der Waals surface area contributed by atoms with E-state index < -0.39 is 5.60 Å². The number of hydrogen-bond donors (Lipinski definition) is 0. The van der Waals surface area contributed by atoms with E-state index >= 15 is 0 Å². The highest BCUT2D eigenvalue weighted by atomic mass is 16.6. The second kappa shape index (κ2) is 8.04. The first-order valence-electron chi connectivity index (χ1n) is 9.35. The van der Waals surface area contributed by atoms with Crippen LogP contribution in [0, 0.1) is 0 Å². The van der Waals surface area contributed by atoms with E-state index in [-0.39, 0.29) is 6.09 Å². The molecule has 0 spiro atoms. The van der Waals surface area contributed by atoms with Gasteiger partial charge < -0.3 is 9.64 Å². The standard InChI is InChI=1S/C19H28N6O2/c1-15-6-5-7-16(9-8-15)25-17(20-21-22-25)14-23-10-12-24(13-11-23)18(26)27-19(2,3)4/h6-9H,5,10-14H2,1-4H3. The maximum absolute atomic E-state index is 12.2. The van der Waals surface area contributed by atoms with Gasteiger partial charge in [0.05, 0.1) is 12.2 Å². The van der Waals surface area contributed by atoms with E-state index in [9.17, 15) is 4.79 Å². The van der Waals surface area contributed by atoms with Crippen LogP contribution < -0.4 is 0 Å². The third kappa shape index (κ3) is 5.26. The van der Waals surface area contributed by atoms with Crippen LogP contribution in [0.2, 0.25) is 0 Å². The van der Waals surface area contributed by atoms with Gasteiger partial charge in [-0.25, -0.2) is 4.79 Å². The normalized spacial score (nSPS) is 18.7. The van der Waals surface area contributed by atoms with Crippen molar-refractivity contribution in [3.8, 4) is 0 Å². The number of aromatic nitrogens is 4. The van der Waals surface area contributed by atoms with Gasteiger partial charge in [-0.15, -0.1) is 5.10 Å². The second-order valence-corrected chi connectivity index (χ2v) is 7.90. The van der Waals surface area contributed by atoms with Gasteiger partial charge in [0.2, 0.25) is 0 Å². The Kier molecular flexibility index (Phi) is 5.74. The van der Waals surface area contributed by atoms with Crippen LogP contribution in [0.1, 0.15) is 39.9 Å². The molecule has 1 aliphatic heterocycles. The lowest BCUT2D eigenvalue weighted by Crippen LogP contribution is -2.49. The first-order chi connectivity index (χ1) is 12.8. The molecule has 1 amide bonds. The van der Waals surface area contributed by atoms with Crippen LogP contribution >= 0.6 is 0 Å². The molecule has 0 atom stereocenters. The minimum atomic E-state index is -0.469. The van der Waals surface area contributed by atoms with Crippen molar-refractivity contribution < 1.29 is 9.53 Å². The number of amides is 1. The number of hydrogen-bond acceptors (Lipinski definition) is 6. The van der Waals surface area contributed by atoms with Crippen LogP contribution in [-0.4, -0.2) is 67.9 Å². The molecular weight excluding hydrogens is 344 g/mol. The van der Waals surface area contributed by atoms with Gasteiger partial charge in [0.15, 0.2) is 5.82 Å². The molecule has 3 rings (SSSR count). The molecule has 1 aromatic heterocycles. The molecule has 1 fully saturated rings. The minimum absolute atomic E-state index is 0.247. The van der Waals surface area contributed by atoms with Crippen LogP contribution in [0.25, 0.3) is 5.70 Å². The summed E-state index contributed by atoms with van der Waals surface area (Å²) >= 11 is 0. The van der Waals surface area contributed by atoms with Crippen molar-refractivity contribution in [3.63, 3.8) is 0 Å². The van der Waals surface area contributed by atoms with Crippen LogP contribution in [0.15, 0.2) is 29.9 Å². The molecule has 1 saturated heterocycles. The molecular formula is C19H28N6O2. The third-order valence-electron chi connectivity index (χ3n) is 4.45. The monoisotopic (exact) mass is 372 g/mol. The second-order valence-electron chi connectivity index (χ2n) is 7.90. The predicted octanol–water partition coefficient (Wildman–Crippen LogP) is 2.47. The van der Waals surface area contributed by atoms with Gasteiger partial charge in [-0.3, -0.25) is 4.90 Å². The molecule has 0 radical (unpaired) electrons. The molecule has 0 unspecified atom stereocenters. The van der Waals surface area contributed by atoms with Gasteiger partial charge in [-0.2, -0.15) is 4.68 Å². The Hall–Kier alpha value is -2.48. The Morgan fingerprint density at radius 3 is 2.59 bits per heavy atom. The van der Waals surface area contributed by atoms with E-state index in [2.05, 4.69) is 45.6 Å². The van der Waals surface area contributed by atoms with Gasteiger partial charge in [-0.1, -0.05) is 23.8 Å². The lowest BCUT2D eigenvalue weighted by Gasteiger charge is -2.35. The quantitative estimate of drug-likeness (QED) is 0.811. The highest BCUT2D eigenvalue weighted by molar-refractivity contribution is 5.68. The number of tetrazole rings is 1. The Morgan fingerprint density at radius 2 is 1.89 bits per heavy atom. The Morgan fingerprint density at radius 1 is 1.15 bits per heavy atom. The molecule has 0 N–H and O–H groups in total. The molecule has 2 aliphatic rings. The third-order valence-corrected chi connectivity index (χ3v) is 4.45. The van der Waals surface area contributed by atoms with Gasteiger partial charge >= 0.3 is 6.09 Å². The van der Waals surface area contributed by atoms with E-state index in [0.29, 0.717) is 19.6 Å². The van der Waals surface area contributed by atoms with Gasteiger partial charge in [0, 0.05) is 26.2 Å². The fourth-order valence-electron chi connectivity index (χ4n) is 3.00. The summed E-state index contributed by atoms with van der Waals surface area (Å²) in [5.41, 5.74) is 1.74. The van der Waals surface area contributed by atoms with Crippen LogP contribution in [-0.2, 0) is 11.3 Å². The van der Waals surface area contributed by atoms with Crippen molar-refractivity contribution >= 4 is 11.8 Å². The smallest absolute Gasteiger partial charge is 0.410 e. The fraction of sp³-hybridized carbons (Fsp3) is 0.579. The Bertz CT molecular complexity index is 763. The van der Waals surface area contributed by atoms with Crippen molar-refractivity contribution in [2.45, 2.75) is 46.3 Å². The topological polar surface area (TPSA) is 76.4 Å². The van der Waals surface area contributed by atoms with E-state index in [1.54, 1.807) is 9.58 Å². The van der Waals surface area contributed by atoms with Gasteiger partial charge in [0.1, 0.15) is 5.60 Å². The zero-order chi connectivity index (χ0) is 19.4. The molecule has 146 valence electrons. The largest absolute Gasteiger partial charge is 0.444 e. The zero-order valence-electron chi connectivity index (χ0n) is 16.6. The molecule has 8 nitrogen and oxygen atoms in total. The Labute approximate surface area is 160 Å². The average Bonchev–Trinajstić information content (AvgIpc) is 2.94. The molecule has 27 heavy (non-hydrogen) atoms. The van der Waals surface area contributed by atoms with Crippen molar-refractivity contribution in [1.29, 1.82) is 0 Å². The summed E-state index contributed by atoms with van der Waals surface area (Å²) < 4.78 is 7.24. The number of rotatable bonds is 3. The Balaban J connectivity index is 1.58. The lowest BCUT2D eigenvalue weighted by molar-refractivity contribution is 0.0136. The maximum atomic E-state index is 12.2. The van der Waals surface area contributed by atoms with Crippen molar-refractivity contribution in [2.75, 3.05) is 26.2 Å². The molecule has 2 heterocycles. The van der Waals surface area contributed by atoms with Crippen LogP contribution in [0.4, 0.5) is 4.79 Å². The zero-order valence-corrected chi connectivity index (χ0v) is 16.6. The number of allylic oxidation sites excluding steroid dienone is 6. The first-order valence-corrected chi connectivity index (χ1v) is 9.35. The fourth-order valence-corrected chi connectivity index (χ4v) is 3.00. The summed E-state index contributed by atoms with van der Waals surface area (Å²) in [4.78, 5) is 16.2. The van der Waals surface area contributed by atoms with E-state index in [1.165, 1.54) is 5.57 Å². The summed E-state index contributed by atoms with van der Waals surface area (Å²) in [6.07, 6.45) is 9.02. The number of nitrogens with zero attached hydrogens (tertiary/aromatic N) is 6. The molecule has 0 aromatic carbocycles. The van der Waals surface area contributed by atoms with E-state index in [1.807, 2.05) is 26.8 Å². The predicted molar refractivity (Wildman–Crippen MR) is 103 cm³/mol. The lowest BCUT2D eigenvalue weighted by atomic mass is 10.2. The number of carbonyl (C=O) groups is 1. The maximum Gasteiger partial charge on any atom is 0.410 e. The summed E-state index contributed by atoms with van der Waals surface area (Å²) in [7, 11) is 0. The summed E-state index contributed by atoms with van der Waals surface area (Å²) in [6.45, 7) is 11.2. The highest BCUT2D eigenvalue weighted by Gasteiger charge is 2.26. The SMILES string of the molecule is CC1=CCC=C(n2nnnc2CN2CCN(C(=O)OC(C)(C)C)CC2)C=C1. The molecule has 0 bridgehead atoms.